The minimum Gasteiger partial charge on any atom is -0.507 e. The van der Waals surface area contributed by atoms with Gasteiger partial charge >= 0.3 is 0 Å². The molecule has 0 heterocycles. The van der Waals surface area contributed by atoms with Gasteiger partial charge in [0, 0.05) is 5.56 Å². The van der Waals surface area contributed by atoms with Crippen LogP contribution < -0.4 is 9.47 Å². The Morgan fingerprint density at radius 1 is 1.25 bits per heavy atom. The van der Waals surface area contributed by atoms with Gasteiger partial charge < -0.3 is 14.6 Å². The van der Waals surface area contributed by atoms with Crippen LogP contribution in [0.3, 0.4) is 0 Å². The van der Waals surface area contributed by atoms with E-state index in [1.54, 1.807) is 6.92 Å². The predicted octanol–water partition coefficient (Wildman–Crippen LogP) is 2.68. The summed E-state index contributed by atoms with van der Waals surface area (Å²) >= 11 is 3.29. The normalized spacial score (nSPS) is 10.1. The van der Waals surface area contributed by atoms with Crippen LogP contribution in [0, 0.1) is 6.92 Å². The first-order valence-electron chi connectivity index (χ1n) is 4.59. The lowest BCUT2D eigenvalue weighted by Crippen LogP contribution is -2.03. The van der Waals surface area contributed by atoms with E-state index >= 15 is 0 Å². The van der Waals surface area contributed by atoms with Gasteiger partial charge in [0.25, 0.3) is 0 Å². The highest BCUT2D eigenvalue weighted by Gasteiger charge is 2.24. The second-order valence-electron chi connectivity index (χ2n) is 3.29. The van der Waals surface area contributed by atoms with Gasteiger partial charge in [0.2, 0.25) is 0 Å². The Morgan fingerprint density at radius 2 is 1.75 bits per heavy atom. The molecule has 5 heteroatoms. The number of hydrogen-bond acceptors (Lipinski definition) is 4. The van der Waals surface area contributed by atoms with Gasteiger partial charge in [-0.3, -0.25) is 4.79 Å². The zero-order chi connectivity index (χ0) is 12.5. The third-order valence-electron chi connectivity index (χ3n) is 2.32. The number of phenolic OH excluding ortho intramolecular Hbond substituents is 1. The standard InChI is InChI=1S/C11H13BrO4/c1-5-9(14)7(6(2)13)11(16-4)8(12)10(5)15-3/h14H,1-4H3. The van der Waals surface area contributed by atoms with Crippen molar-refractivity contribution in [1.29, 1.82) is 0 Å². The van der Waals surface area contributed by atoms with E-state index in [-0.39, 0.29) is 22.8 Å². The second-order valence-corrected chi connectivity index (χ2v) is 4.08. The first-order chi connectivity index (χ1) is 7.45. The first-order valence-corrected chi connectivity index (χ1v) is 5.38. The fourth-order valence-electron chi connectivity index (χ4n) is 1.54. The monoisotopic (exact) mass is 288 g/mol. The molecule has 1 rings (SSSR count). The Kier molecular flexibility index (Phi) is 3.80. The summed E-state index contributed by atoms with van der Waals surface area (Å²) in [4.78, 5) is 11.4. The van der Waals surface area contributed by atoms with Gasteiger partial charge in [-0.2, -0.15) is 0 Å². The van der Waals surface area contributed by atoms with Crippen LogP contribution in [0.5, 0.6) is 17.2 Å². The molecule has 0 saturated heterocycles. The summed E-state index contributed by atoms with van der Waals surface area (Å²) < 4.78 is 10.8. The third kappa shape index (κ3) is 1.87. The molecule has 88 valence electrons. The van der Waals surface area contributed by atoms with E-state index < -0.39 is 0 Å². The summed E-state index contributed by atoms with van der Waals surface area (Å²) in [5, 5.41) is 9.91. The molecule has 1 aromatic carbocycles. The van der Waals surface area contributed by atoms with Crippen molar-refractivity contribution < 1.29 is 19.4 Å². The molecule has 1 N–H and O–H groups in total. The number of carbonyl (C=O) groups excluding carboxylic acids is 1. The average Bonchev–Trinajstić information content (AvgIpc) is 2.23. The Balaban J connectivity index is 3.70. The van der Waals surface area contributed by atoms with E-state index in [4.69, 9.17) is 9.47 Å². The van der Waals surface area contributed by atoms with Crippen LogP contribution in [0.25, 0.3) is 0 Å². The molecule has 0 saturated carbocycles. The van der Waals surface area contributed by atoms with Crippen molar-refractivity contribution in [3.05, 3.63) is 15.6 Å². The van der Waals surface area contributed by atoms with Gasteiger partial charge in [-0.25, -0.2) is 0 Å². The summed E-state index contributed by atoms with van der Waals surface area (Å²) in [5.41, 5.74) is 0.660. The van der Waals surface area contributed by atoms with E-state index in [2.05, 4.69) is 15.9 Å². The minimum atomic E-state index is -0.263. The highest BCUT2D eigenvalue weighted by atomic mass is 79.9. The van der Waals surface area contributed by atoms with Gasteiger partial charge in [0.1, 0.15) is 21.5 Å². The molecule has 16 heavy (non-hydrogen) atoms. The number of aromatic hydroxyl groups is 1. The van der Waals surface area contributed by atoms with Crippen LogP contribution in [0.1, 0.15) is 22.8 Å². The van der Waals surface area contributed by atoms with Crippen LogP contribution >= 0.6 is 15.9 Å². The second kappa shape index (κ2) is 4.74. The summed E-state index contributed by atoms with van der Waals surface area (Å²) in [6, 6.07) is 0. The van der Waals surface area contributed by atoms with E-state index in [1.807, 2.05) is 0 Å². The third-order valence-corrected chi connectivity index (χ3v) is 3.04. The van der Waals surface area contributed by atoms with Gasteiger partial charge in [0.05, 0.1) is 14.2 Å². The number of carbonyl (C=O) groups is 1. The first kappa shape index (κ1) is 12.8. The number of phenols is 1. The lowest BCUT2D eigenvalue weighted by Gasteiger charge is -2.16. The van der Waals surface area contributed by atoms with Crippen molar-refractivity contribution in [2.45, 2.75) is 13.8 Å². The average molecular weight is 289 g/mol. The van der Waals surface area contributed by atoms with Crippen molar-refractivity contribution in [3.63, 3.8) is 0 Å². The van der Waals surface area contributed by atoms with Crippen LogP contribution in [0.4, 0.5) is 0 Å². The van der Waals surface area contributed by atoms with Crippen molar-refractivity contribution >= 4 is 21.7 Å². The predicted molar refractivity (Wildman–Crippen MR) is 63.7 cm³/mol. The summed E-state index contributed by atoms with van der Waals surface area (Å²) in [5.74, 6) is 0.372. The van der Waals surface area contributed by atoms with Crippen LogP contribution in [-0.4, -0.2) is 25.1 Å². The summed E-state index contributed by atoms with van der Waals surface area (Å²) in [6.07, 6.45) is 0. The van der Waals surface area contributed by atoms with Gasteiger partial charge in [-0.05, 0) is 29.8 Å². The van der Waals surface area contributed by atoms with Gasteiger partial charge in [0.15, 0.2) is 11.5 Å². The minimum absolute atomic E-state index is 0.107. The Bertz CT molecular complexity index is 440. The number of hydrogen-bond donors (Lipinski definition) is 1. The molecule has 0 aliphatic rings. The number of ether oxygens (including phenoxy) is 2. The lowest BCUT2D eigenvalue weighted by atomic mass is 10.0. The van der Waals surface area contributed by atoms with E-state index in [0.717, 1.165) is 0 Å². The number of halogens is 1. The number of benzene rings is 1. The molecule has 1 aromatic rings. The van der Waals surface area contributed by atoms with Gasteiger partial charge in [-0.1, -0.05) is 0 Å². The van der Waals surface area contributed by atoms with Crippen molar-refractivity contribution in [3.8, 4) is 17.2 Å². The molecule has 0 spiro atoms. The highest BCUT2D eigenvalue weighted by molar-refractivity contribution is 9.10. The number of Topliss-reactive ketones (excluding diaryl/α,β-unsaturated/α-hetero) is 1. The molecule has 0 bridgehead atoms. The molecule has 0 amide bonds. The molecule has 0 atom stereocenters. The fraction of sp³-hybridized carbons (Fsp3) is 0.364. The molecule has 0 radical (unpaired) electrons. The quantitative estimate of drug-likeness (QED) is 0.869. The number of rotatable bonds is 3. The smallest absolute Gasteiger partial charge is 0.167 e. The molecule has 0 fully saturated rings. The molecule has 0 aliphatic heterocycles. The Hall–Kier alpha value is -1.23. The zero-order valence-corrected chi connectivity index (χ0v) is 11.1. The Labute approximate surface area is 102 Å². The maximum Gasteiger partial charge on any atom is 0.167 e. The van der Waals surface area contributed by atoms with Crippen molar-refractivity contribution in [2.24, 2.45) is 0 Å². The van der Waals surface area contributed by atoms with Crippen molar-refractivity contribution in [2.75, 3.05) is 14.2 Å². The lowest BCUT2D eigenvalue weighted by molar-refractivity contribution is 0.101. The van der Waals surface area contributed by atoms with Crippen LogP contribution in [0.15, 0.2) is 4.47 Å². The van der Waals surface area contributed by atoms with E-state index in [0.29, 0.717) is 15.8 Å². The molecule has 0 unspecified atom stereocenters. The molecule has 4 nitrogen and oxygen atoms in total. The molecular weight excluding hydrogens is 276 g/mol. The molecule has 0 aliphatic carbocycles. The largest absolute Gasteiger partial charge is 0.507 e. The van der Waals surface area contributed by atoms with Crippen LogP contribution in [-0.2, 0) is 0 Å². The van der Waals surface area contributed by atoms with Crippen molar-refractivity contribution in [1.82, 2.24) is 0 Å². The van der Waals surface area contributed by atoms with Gasteiger partial charge in [-0.15, -0.1) is 0 Å². The summed E-state index contributed by atoms with van der Waals surface area (Å²) in [6.45, 7) is 3.04. The SMILES string of the molecule is COc1c(C)c(O)c(C(C)=O)c(OC)c1Br. The maximum absolute atomic E-state index is 11.4. The number of methoxy groups -OCH3 is 2. The zero-order valence-electron chi connectivity index (χ0n) is 9.55. The summed E-state index contributed by atoms with van der Waals surface area (Å²) in [7, 11) is 2.92. The fourth-order valence-corrected chi connectivity index (χ4v) is 2.36. The highest BCUT2D eigenvalue weighted by Crippen LogP contribution is 2.45. The Morgan fingerprint density at radius 3 is 2.12 bits per heavy atom. The molecular formula is C11H13BrO4. The van der Waals surface area contributed by atoms with E-state index in [1.165, 1.54) is 21.1 Å². The van der Waals surface area contributed by atoms with Crippen LogP contribution in [0.2, 0.25) is 0 Å². The number of ketones is 1. The maximum atomic E-state index is 11.4. The topological polar surface area (TPSA) is 55.8 Å². The van der Waals surface area contributed by atoms with E-state index in [9.17, 15) is 9.90 Å². The molecule has 0 aromatic heterocycles.